The van der Waals surface area contributed by atoms with Gasteiger partial charge in [-0.15, -0.1) is 0 Å². The number of carbonyl (C=O) groups excluding carboxylic acids is 2. The quantitative estimate of drug-likeness (QED) is 0.746. The van der Waals surface area contributed by atoms with Crippen LogP contribution in [0.3, 0.4) is 0 Å². The Morgan fingerprint density at radius 1 is 1.29 bits per heavy atom. The van der Waals surface area contributed by atoms with Crippen molar-refractivity contribution in [2.45, 2.75) is 25.9 Å². The molecule has 1 aromatic carbocycles. The van der Waals surface area contributed by atoms with E-state index in [1.807, 2.05) is 12.3 Å². The van der Waals surface area contributed by atoms with Gasteiger partial charge in [0.15, 0.2) is 0 Å². The molecule has 1 aromatic heterocycles. The molecular weight excluding hydrogens is 310 g/mol. The standard InChI is InChI=1S/C17H21N3O4/c1-23-15-7-6-13(11-14(15)17(22)24-2)12-18-16(21)5-3-9-20-10-4-8-19-20/h4,6-8,10-11H,3,5,9,12H2,1-2H3,(H,18,21). The second-order valence-corrected chi connectivity index (χ2v) is 5.18. The Labute approximate surface area is 140 Å². The van der Waals surface area contributed by atoms with Crippen molar-refractivity contribution >= 4 is 11.9 Å². The highest BCUT2D eigenvalue weighted by atomic mass is 16.5. The van der Waals surface area contributed by atoms with Crippen molar-refractivity contribution in [2.24, 2.45) is 0 Å². The Morgan fingerprint density at radius 2 is 2.12 bits per heavy atom. The van der Waals surface area contributed by atoms with Gasteiger partial charge in [0.05, 0.1) is 14.2 Å². The van der Waals surface area contributed by atoms with Gasteiger partial charge < -0.3 is 14.8 Å². The molecule has 1 heterocycles. The smallest absolute Gasteiger partial charge is 0.341 e. The molecule has 1 N–H and O–H groups in total. The maximum Gasteiger partial charge on any atom is 0.341 e. The van der Waals surface area contributed by atoms with Gasteiger partial charge in [0, 0.05) is 31.9 Å². The minimum atomic E-state index is -0.473. The third-order valence-corrected chi connectivity index (χ3v) is 3.51. The minimum Gasteiger partial charge on any atom is -0.496 e. The van der Waals surface area contributed by atoms with E-state index in [0.717, 1.165) is 5.56 Å². The Hall–Kier alpha value is -2.83. The fourth-order valence-electron chi connectivity index (χ4n) is 2.26. The van der Waals surface area contributed by atoms with Gasteiger partial charge in [-0.1, -0.05) is 6.07 Å². The predicted molar refractivity (Wildman–Crippen MR) is 87.6 cm³/mol. The van der Waals surface area contributed by atoms with Gasteiger partial charge in [0.25, 0.3) is 0 Å². The number of esters is 1. The Balaban J connectivity index is 1.84. The van der Waals surface area contributed by atoms with E-state index in [1.54, 1.807) is 29.1 Å². The molecule has 7 heteroatoms. The first-order chi connectivity index (χ1) is 11.6. The number of nitrogens with zero attached hydrogens (tertiary/aromatic N) is 2. The zero-order chi connectivity index (χ0) is 17.4. The highest BCUT2D eigenvalue weighted by Gasteiger charge is 2.13. The molecule has 0 spiro atoms. The number of ether oxygens (including phenoxy) is 2. The lowest BCUT2D eigenvalue weighted by Crippen LogP contribution is -2.23. The number of nitrogens with one attached hydrogen (secondary N) is 1. The number of hydrogen-bond acceptors (Lipinski definition) is 5. The minimum absolute atomic E-state index is 0.0439. The number of benzene rings is 1. The van der Waals surface area contributed by atoms with Crippen molar-refractivity contribution in [1.82, 2.24) is 15.1 Å². The molecule has 0 bridgehead atoms. The molecule has 24 heavy (non-hydrogen) atoms. The van der Waals surface area contributed by atoms with Crippen LogP contribution in [0.5, 0.6) is 5.75 Å². The van der Waals surface area contributed by atoms with E-state index in [4.69, 9.17) is 9.47 Å². The molecule has 7 nitrogen and oxygen atoms in total. The number of aromatic nitrogens is 2. The van der Waals surface area contributed by atoms with E-state index in [-0.39, 0.29) is 5.91 Å². The highest BCUT2D eigenvalue weighted by molar-refractivity contribution is 5.92. The second-order valence-electron chi connectivity index (χ2n) is 5.18. The first kappa shape index (κ1) is 17.5. The van der Waals surface area contributed by atoms with Gasteiger partial charge in [-0.05, 0) is 30.2 Å². The third-order valence-electron chi connectivity index (χ3n) is 3.51. The van der Waals surface area contributed by atoms with Crippen LogP contribution in [0.25, 0.3) is 0 Å². The van der Waals surface area contributed by atoms with Crippen LogP contribution in [0.4, 0.5) is 0 Å². The molecule has 0 unspecified atom stereocenters. The molecule has 0 aliphatic carbocycles. The number of methoxy groups -OCH3 is 2. The summed E-state index contributed by atoms with van der Waals surface area (Å²) in [7, 11) is 2.80. The molecule has 0 saturated heterocycles. The first-order valence-electron chi connectivity index (χ1n) is 7.63. The van der Waals surface area contributed by atoms with Crippen LogP contribution >= 0.6 is 0 Å². The van der Waals surface area contributed by atoms with Gasteiger partial charge in [-0.3, -0.25) is 9.48 Å². The van der Waals surface area contributed by atoms with Gasteiger partial charge in [0.2, 0.25) is 5.91 Å². The van der Waals surface area contributed by atoms with Crippen LogP contribution in [-0.4, -0.2) is 35.9 Å². The Bertz CT molecular complexity index is 683. The first-order valence-corrected chi connectivity index (χ1v) is 7.63. The molecule has 0 aliphatic rings. The SMILES string of the molecule is COC(=O)c1cc(CNC(=O)CCCn2cccn2)ccc1OC. The average molecular weight is 331 g/mol. The predicted octanol–water partition coefficient (Wildman–Crippen LogP) is 1.77. The molecule has 2 aromatic rings. The Morgan fingerprint density at radius 3 is 2.79 bits per heavy atom. The van der Waals surface area contributed by atoms with E-state index in [9.17, 15) is 9.59 Å². The van der Waals surface area contributed by atoms with Crippen molar-refractivity contribution in [3.63, 3.8) is 0 Å². The average Bonchev–Trinajstić information content (AvgIpc) is 3.12. The van der Waals surface area contributed by atoms with E-state index < -0.39 is 5.97 Å². The summed E-state index contributed by atoms with van der Waals surface area (Å²) in [6.45, 7) is 1.05. The van der Waals surface area contributed by atoms with Crippen LogP contribution in [0.2, 0.25) is 0 Å². The maximum atomic E-state index is 11.9. The summed E-state index contributed by atoms with van der Waals surface area (Å²) in [6.07, 6.45) is 4.70. The van der Waals surface area contributed by atoms with Crippen LogP contribution in [0.15, 0.2) is 36.7 Å². The number of rotatable bonds is 8. The molecule has 0 atom stereocenters. The van der Waals surface area contributed by atoms with Crippen LogP contribution in [0.1, 0.15) is 28.8 Å². The van der Waals surface area contributed by atoms with E-state index in [1.165, 1.54) is 14.2 Å². The molecule has 0 aliphatic heterocycles. The van der Waals surface area contributed by atoms with E-state index in [0.29, 0.717) is 37.2 Å². The monoisotopic (exact) mass is 331 g/mol. The van der Waals surface area contributed by atoms with Crippen LogP contribution in [0, 0.1) is 0 Å². The molecule has 128 valence electrons. The van der Waals surface area contributed by atoms with Crippen molar-refractivity contribution in [3.8, 4) is 5.75 Å². The molecule has 1 amide bonds. The van der Waals surface area contributed by atoms with Gasteiger partial charge >= 0.3 is 5.97 Å². The van der Waals surface area contributed by atoms with Gasteiger partial charge in [-0.2, -0.15) is 5.10 Å². The normalized spacial score (nSPS) is 10.2. The van der Waals surface area contributed by atoms with Gasteiger partial charge in [-0.25, -0.2) is 4.79 Å². The third kappa shape index (κ3) is 4.84. The largest absolute Gasteiger partial charge is 0.496 e. The van der Waals surface area contributed by atoms with Crippen molar-refractivity contribution in [3.05, 3.63) is 47.8 Å². The van der Waals surface area contributed by atoms with E-state index in [2.05, 4.69) is 10.4 Å². The Kier molecular flexibility index (Phi) is 6.36. The molecule has 0 radical (unpaired) electrons. The number of aryl methyl sites for hydroxylation is 1. The van der Waals surface area contributed by atoms with E-state index >= 15 is 0 Å². The van der Waals surface area contributed by atoms with Crippen molar-refractivity contribution in [1.29, 1.82) is 0 Å². The lowest BCUT2D eigenvalue weighted by atomic mass is 10.1. The summed E-state index contributed by atoms with van der Waals surface area (Å²) in [5, 5.41) is 6.93. The number of carbonyl (C=O) groups is 2. The van der Waals surface area contributed by atoms with Crippen LogP contribution < -0.4 is 10.1 Å². The summed E-state index contributed by atoms with van der Waals surface area (Å²) in [5.41, 5.74) is 1.14. The summed E-state index contributed by atoms with van der Waals surface area (Å²) >= 11 is 0. The molecule has 2 rings (SSSR count). The van der Waals surface area contributed by atoms with Gasteiger partial charge in [0.1, 0.15) is 11.3 Å². The second kappa shape index (κ2) is 8.71. The zero-order valence-electron chi connectivity index (χ0n) is 13.8. The summed E-state index contributed by atoms with van der Waals surface area (Å²) in [5.74, 6) is -0.0759. The maximum absolute atomic E-state index is 11.9. The molecular formula is C17H21N3O4. The topological polar surface area (TPSA) is 82.5 Å². The van der Waals surface area contributed by atoms with Crippen molar-refractivity contribution in [2.75, 3.05) is 14.2 Å². The molecule has 0 saturated carbocycles. The van der Waals surface area contributed by atoms with Crippen molar-refractivity contribution < 1.29 is 19.1 Å². The molecule has 0 fully saturated rings. The lowest BCUT2D eigenvalue weighted by Gasteiger charge is -2.10. The fraction of sp³-hybridized carbons (Fsp3) is 0.353. The summed E-state index contributed by atoms with van der Waals surface area (Å²) in [4.78, 5) is 23.6. The fourth-order valence-corrected chi connectivity index (χ4v) is 2.26. The summed E-state index contributed by atoms with van der Waals surface area (Å²) < 4.78 is 11.7. The number of amides is 1. The lowest BCUT2D eigenvalue weighted by molar-refractivity contribution is -0.121. The van der Waals surface area contributed by atoms with Crippen LogP contribution in [-0.2, 0) is 22.6 Å². The summed E-state index contributed by atoms with van der Waals surface area (Å²) in [6, 6.07) is 7.00. The zero-order valence-corrected chi connectivity index (χ0v) is 13.8. The highest BCUT2D eigenvalue weighted by Crippen LogP contribution is 2.20. The number of hydrogen-bond donors (Lipinski definition) is 1.